The minimum absolute atomic E-state index is 0.107. The normalized spacial score (nSPS) is 10.3. The van der Waals surface area contributed by atoms with Gasteiger partial charge in [-0.15, -0.1) is 0 Å². The highest BCUT2D eigenvalue weighted by molar-refractivity contribution is 9.10. The third kappa shape index (κ3) is 2.69. The molecule has 0 aromatic carbocycles. The summed E-state index contributed by atoms with van der Waals surface area (Å²) in [6.07, 6.45) is 1.65. The van der Waals surface area contributed by atoms with Crippen LogP contribution >= 0.6 is 15.9 Å². The molecule has 7 heteroatoms. The summed E-state index contributed by atoms with van der Waals surface area (Å²) in [5.41, 5.74) is 1.82. The Bertz CT molecular complexity index is 632. The van der Waals surface area contributed by atoms with Crippen molar-refractivity contribution in [2.24, 2.45) is 5.84 Å². The van der Waals surface area contributed by atoms with Crippen LogP contribution in [0.15, 0.2) is 44.1 Å². The molecule has 0 fully saturated rings. The molecule has 0 saturated heterocycles. The number of carbonyl (C=O) groups excluding carboxylic acids is 1. The molecule has 0 aliphatic carbocycles. The minimum atomic E-state index is -0.511. The Balaban J connectivity index is 2.24. The van der Waals surface area contributed by atoms with E-state index in [1.54, 1.807) is 18.3 Å². The average molecular weight is 312 g/mol. The number of nitrogens with zero attached hydrogens (tertiary/aromatic N) is 1. The largest absolute Gasteiger partial charge is 0.454 e. The van der Waals surface area contributed by atoms with Crippen LogP contribution in [0.25, 0.3) is 0 Å². The SMILES string of the molecule is NNC(=O)c1ccc(Cn2cc(Br)ccc2=O)o1. The first-order valence-corrected chi connectivity index (χ1v) is 5.85. The van der Waals surface area contributed by atoms with E-state index in [4.69, 9.17) is 10.3 Å². The molecule has 2 rings (SSSR count). The highest BCUT2D eigenvalue weighted by Crippen LogP contribution is 2.10. The summed E-state index contributed by atoms with van der Waals surface area (Å²) in [6, 6.07) is 6.23. The lowest BCUT2D eigenvalue weighted by atomic mass is 10.4. The van der Waals surface area contributed by atoms with Gasteiger partial charge in [0.2, 0.25) is 0 Å². The highest BCUT2D eigenvalue weighted by Gasteiger charge is 2.10. The molecule has 2 aromatic heterocycles. The van der Waals surface area contributed by atoms with Crippen LogP contribution in [0.4, 0.5) is 0 Å². The van der Waals surface area contributed by atoms with Gasteiger partial charge in [-0.2, -0.15) is 0 Å². The molecule has 0 bridgehead atoms. The molecule has 0 aliphatic rings. The molecule has 0 radical (unpaired) electrons. The number of nitrogens with two attached hydrogens (primary N) is 1. The number of rotatable bonds is 3. The molecule has 0 spiro atoms. The molecular weight excluding hydrogens is 302 g/mol. The van der Waals surface area contributed by atoms with Gasteiger partial charge in [-0.05, 0) is 34.1 Å². The number of halogens is 1. The van der Waals surface area contributed by atoms with Gasteiger partial charge in [0.15, 0.2) is 5.76 Å². The van der Waals surface area contributed by atoms with Crippen LogP contribution in [-0.2, 0) is 6.54 Å². The molecule has 3 N–H and O–H groups in total. The molecule has 0 aliphatic heterocycles. The fraction of sp³-hybridized carbons (Fsp3) is 0.0909. The van der Waals surface area contributed by atoms with Crippen LogP contribution < -0.4 is 16.8 Å². The van der Waals surface area contributed by atoms with Crippen molar-refractivity contribution in [2.75, 3.05) is 0 Å². The monoisotopic (exact) mass is 311 g/mol. The lowest BCUT2D eigenvalue weighted by Crippen LogP contribution is -2.29. The quantitative estimate of drug-likeness (QED) is 0.499. The van der Waals surface area contributed by atoms with E-state index in [-0.39, 0.29) is 17.9 Å². The van der Waals surface area contributed by atoms with Crippen molar-refractivity contribution in [2.45, 2.75) is 6.54 Å². The standard InChI is InChI=1S/C11H10BrN3O3/c12-7-1-4-10(16)15(5-7)6-8-2-3-9(18-8)11(17)14-13/h1-5H,6,13H2,(H,14,17). The Morgan fingerprint density at radius 1 is 1.39 bits per heavy atom. The topological polar surface area (TPSA) is 90.3 Å². The first-order valence-electron chi connectivity index (χ1n) is 5.06. The van der Waals surface area contributed by atoms with Crippen molar-refractivity contribution < 1.29 is 9.21 Å². The van der Waals surface area contributed by atoms with Crippen LogP contribution in [0.2, 0.25) is 0 Å². The number of hydrazine groups is 1. The van der Waals surface area contributed by atoms with E-state index in [1.807, 2.05) is 5.43 Å². The van der Waals surface area contributed by atoms with Crippen LogP contribution in [-0.4, -0.2) is 10.5 Å². The van der Waals surface area contributed by atoms with Crippen molar-refractivity contribution in [1.29, 1.82) is 0 Å². The second-order valence-electron chi connectivity index (χ2n) is 3.55. The smallest absolute Gasteiger partial charge is 0.300 e. The zero-order valence-corrected chi connectivity index (χ0v) is 10.8. The van der Waals surface area contributed by atoms with E-state index in [1.165, 1.54) is 16.7 Å². The van der Waals surface area contributed by atoms with E-state index in [9.17, 15) is 9.59 Å². The number of aromatic nitrogens is 1. The summed E-state index contributed by atoms with van der Waals surface area (Å²) in [4.78, 5) is 22.8. The summed E-state index contributed by atoms with van der Waals surface area (Å²) < 4.78 is 7.52. The maximum atomic E-state index is 11.6. The van der Waals surface area contributed by atoms with E-state index < -0.39 is 5.91 Å². The highest BCUT2D eigenvalue weighted by atomic mass is 79.9. The number of carbonyl (C=O) groups is 1. The van der Waals surface area contributed by atoms with Gasteiger partial charge in [0.25, 0.3) is 5.56 Å². The average Bonchev–Trinajstić information content (AvgIpc) is 2.81. The van der Waals surface area contributed by atoms with E-state index in [0.29, 0.717) is 5.76 Å². The van der Waals surface area contributed by atoms with Gasteiger partial charge in [-0.25, -0.2) is 5.84 Å². The summed E-state index contributed by atoms with van der Waals surface area (Å²) in [7, 11) is 0. The van der Waals surface area contributed by atoms with Gasteiger partial charge < -0.3 is 8.98 Å². The summed E-state index contributed by atoms with van der Waals surface area (Å²) in [5.74, 6) is 5.08. The Labute approximate surface area is 110 Å². The molecule has 2 aromatic rings. The number of pyridine rings is 1. The van der Waals surface area contributed by atoms with Crippen molar-refractivity contribution in [3.05, 3.63) is 56.8 Å². The first-order chi connectivity index (χ1) is 8.60. The fourth-order valence-corrected chi connectivity index (χ4v) is 1.83. The molecule has 94 valence electrons. The molecule has 6 nitrogen and oxygen atoms in total. The van der Waals surface area contributed by atoms with Gasteiger partial charge >= 0.3 is 5.91 Å². The summed E-state index contributed by atoms with van der Waals surface area (Å²) >= 11 is 3.28. The number of hydrogen-bond donors (Lipinski definition) is 2. The number of amides is 1. The van der Waals surface area contributed by atoms with Crippen molar-refractivity contribution >= 4 is 21.8 Å². The Kier molecular flexibility index (Phi) is 3.63. The fourth-order valence-electron chi connectivity index (χ4n) is 1.45. The number of nitrogens with one attached hydrogen (secondary N) is 1. The molecule has 0 unspecified atom stereocenters. The minimum Gasteiger partial charge on any atom is -0.454 e. The van der Waals surface area contributed by atoms with Crippen LogP contribution in [0, 0.1) is 0 Å². The van der Waals surface area contributed by atoms with Gasteiger partial charge in [-0.1, -0.05) is 0 Å². The third-order valence-corrected chi connectivity index (χ3v) is 2.76. The van der Waals surface area contributed by atoms with E-state index >= 15 is 0 Å². The molecule has 1 amide bonds. The van der Waals surface area contributed by atoms with Gasteiger partial charge in [0.1, 0.15) is 5.76 Å². The molecule has 0 atom stereocenters. The Hall–Kier alpha value is -1.86. The Morgan fingerprint density at radius 2 is 2.17 bits per heavy atom. The van der Waals surface area contributed by atoms with E-state index in [2.05, 4.69) is 15.9 Å². The van der Waals surface area contributed by atoms with E-state index in [0.717, 1.165) is 4.47 Å². The second-order valence-corrected chi connectivity index (χ2v) is 4.47. The van der Waals surface area contributed by atoms with Gasteiger partial charge in [-0.3, -0.25) is 15.0 Å². The van der Waals surface area contributed by atoms with Crippen LogP contribution in [0.3, 0.4) is 0 Å². The molecule has 18 heavy (non-hydrogen) atoms. The van der Waals surface area contributed by atoms with Crippen LogP contribution in [0.1, 0.15) is 16.3 Å². The second kappa shape index (κ2) is 5.19. The van der Waals surface area contributed by atoms with Crippen LogP contribution in [0.5, 0.6) is 0 Å². The predicted octanol–water partition coefficient (Wildman–Crippen LogP) is 0.856. The zero-order chi connectivity index (χ0) is 13.1. The van der Waals surface area contributed by atoms with Gasteiger partial charge in [0, 0.05) is 16.7 Å². The van der Waals surface area contributed by atoms with Crippen molar-refractivity contribution in [3.63, 3.8) is 0 Å². The molecule has 0 saturated carbocycles. The lowest BCUT2D eigenvalue weighted by molar-refractivity contribution is 0.0924. The first kappa shape index (κ1) is 12.6. The number of furan rings is 1. The number of nitrogen functional groups attached to an aromatic ring is 1. The zero-order valence-electron chi connectivity index (χ0n) is 9.22. The lowest BCUT2D eigenvalue weighted by Gasteiger charge is -2.03. The molecular formula is C11H10BrN3O3. The maximum Gasteiger partial charge on any atom is 0.300 e. The third-order valence-electron chi connectivity index (χ3n) is 2.29. The van der Waals surface area contributed by atoms with Crippen molar-refractivity contribution in [3.8, 4) is 0 Å². The number of hydrogen-bond acceptors (Lipinski definition) is 4. The maximum absolute atomic E-state index is 11.6. The summed E-state index contributed by atoms with van der Waals surface area (Å²) in [5, 5.41) is 0. The Morgan fingerprint density at radius 3 is 2.89 bits per heavy atom. The predicted molar refractivity (Wildman–Crippen MR) is 67.9 cm³/mol. The summed E-state index contributed by atoms with van der Waals surface area (Å²) in [6.45, 7) is 0.246. The van der Waals surface area contributed by atoms with Crippen molar-refractivity contribution in [1.82, 2.24) is 9.99 Å². The molecule has 2 heterocycles. The van der Waals surface area contributed by atoms with Gasteiger partial charge in [0.05, 0.1) is 6.54 Å².